The fourth-order valence-electron chi connectivity index (χ4n) is 3.43. The summed E-state index contributed by atoms with van der Waals surface area (Å²) in [6.45, 7) is 1.41. The van der Waals surface area contributed by atoms with Gasteiger partial charge in [0.15, 0.2) is 0 Å². The van der Waals surface area contributed by atoms with Crippen LogP contribution in [-0.4, -0.2) is 39.9 Å². The molecule has 22 heavy (non-hydrogen) atoms. The maximum absolute atomic E-state index is 12.4. The minimum Gasteiger partial charge on any atom is -0.351 e. The van der Waals surface area contributed by atoms with Gasteiger partial charge < -0.3 is 14.8 Å². The normalized spacial score (nSPS) is 25.1. The number of pyridine rings is 1. The van der Waals surface area contributed by atoms with Gasteiger partial charge in [-0.15, -0.1) is 0 Å². The van der Waals surface area contributed by atoms with Crippen molar-refractivity contribution in [2.75, 3.05) is 13.1 Å². The lowest BCUT2D eigenvalue weighted by Gasteiger charge is -2.27. The monoisotopic (exact) mass is 303 g/mol. The molecule has 3 rings (SSSR count). The van der Waals surface area contributed by atoms with E-state index in [1.807, 2.05) is 4.90 Å². The Hall–Kier alpha value is -2.11. The number of carbonyl (C=O) groups excluding carboxylic acids is 2. The number of nitrogens with zero attached hydrogens (tertiary/aromatic N) is 2. The molecule has 2 fully saturated rings. The van der Waals surface area contributed by atoms with Gasteiger partial charge in [-0.2, -0.15) is 0 Å². The van der Waals surface area contributed by atoms with Crippen molar-refractivity contribution in [2.24, 2.45) is 0 Å². The minimum absolute atomic E-state index is 0.0327. The number of rotatable bonds is 2. The van der Waals surface area contributed by atoms with Crippen molar-refractivity contribution in [1.29, 1.82) is 0 Å². The van der Waals surface area contributed by atoms with Gasteiger partial charge in [0.25, 0.3) is 5.56 Å². The highest BCUT2D eigenvalue weighted by atomic mass is 16.2. The van der Waals surface area contributed by atoms with Crippen LogP contribution in [0.4, 0.5) is 0 Å². The molecule has 3 heterocycles. The highest BCUT2D eigenvalue weighted by Crippen LogP contribution is 2.31. The summed E-state index contributed by atoms with van der Waals surface area (Å²) in [6, 6.07) is 4.88. The lowest BCUT2D eigenvalue weighted by molar-refractivity contribution is -0.131. The van der Waals surface area contributed by atoms with Crippen LogP contribution in [0.2, 0.25) is 0 Å². The molecule has 0 radical (unpaired) electrons. The van der Waals surface area contributed by atoms with Crippen LogP contribution in [0.3, 0.4) is 0 Å². The van der Waals surface area contributed by atoms with E-state index >= 15 is 0 Å². The van der Waals surface area contributed by atoms with E-state index in [4.69, 9.17) is 0 Å². The molecule has 0 bridgehead atoms. The molecule has 6 heteroatoms. The number of nitrogens with one attached hydrogen (secondary N) is 1. The van der Waals surface area contributed by atoms with Crippen molar-refractivity contribution in [3.05, 3.63) is 34.7 Å². The van der Waals surface area contributed by atoms with Gasteiger partial charge in [-0.1, -0.05) is 6.07 Å². The van der Waals surface area contributed by atoms with Gasteiger partial charge in [-0.25, -0.2) is 0 Å². The molecule has 1 aromatic rings. The fraction of sp³-hybridized carbons (Fsp3) is 0.562. The third kappa shape index (κ3) is 3.05. The first-order chi connectivity index (χ1) is 10.6. The summed E-state index contributed by atoms with van der Waals surface area (Å²) in [7, 11) is 0. The lowest BCUT2D eigenvalue weighted by Crippen LogP contribution is -2.43. The number of aromatic nitrogens is 1. The number of amides is 2. The first-order valence-electron chi connectivity index (χ1n) is 7.82. The van der Waals surface area contributed by atoms with Gasteiger partial charge in [0.2, 0.25) is 11.8 Å². The minimum atomic E-state index is -0.162. The quantitative estimate of drug-likeness (QED) is 0.865. The van der Waals surface area contributed by atoms with Crippen LogP contribution in [0.1, 0.15) is 32.1 Å². The molecular formula is C16H21N3O3. The van der Waals surface area contributed by atoms with E-state index in [0.29, 0.717) is 19.5 Å². The molecule has 6 nitrogen and oxygen atoms in total. The molecule has 1 aromatic heterocycles. The standard InChI is InChI=1S/C16H21N3O3/c20-13-5-7-16(17-13)6-3-10-18(11-8-16)15(22)12-19-9-2-1-4-14(19)21/h1-2,4,9H,3,5-8,10-12H2,(H,17,20). The van der Waals surface area contributed by atoms with Crippen molar-refractivity contribution in [3.8, 4) is 0 Å². The Morgan fingerprint density at radius 3 is 2.77 bits per heavy atom. The zero-order valence-corrected chi connectivity index (χ0v) is 12.6. The van der Waals surface area contributed by atoms with Gasteiger partial charge in [-0.3, -0.25) is 14.4 Å². The van der Waals surface area contributed by atoms with Gasteiger partial charge in [0.05, 0.1) is 0 Å². The molecule has 1 spiro atoms. The van der Waals surface area contributed by atoms with Crippen molar-refractivity contribution < 1.29 is 9.59 Å². The molecule has 2 aliphatic rings. The maximum atomic E-state index is 12.4. The highest BCUT2D eigenvalue weighted by molar-refractivity contribution is 5.79. The summed E-state index contributed by atoms with van der Waals surface area (Å²) in [4.78, 5) is 37.4. The molecule has 1 N–H and O–H groups in total. The molecule has 118 valence electrons. The number of hydrogen-bond acceptors (Lipinski definition) is 3. The van der Waals surface area contributed by atoms with Crippen LogP contribution >= 0.6 is 0 Å². The van der Waals surface area contributed by atoms with Gasteiger partial charge in [0, 0.05) is 37.3 Å². The summed E-state index contributed by atoms with van der Waals surface area (Å²) in [5.74, 6) is 0.0882. The zero-order chi connectivity index (χ0) is 15.6. The van der Waals surface area contributed by atoms with Crippen LogP contribution in [0, 0.1) is 0 Å². The maximum Gasteiger partial charge on any atom is 0.250 e. The first-order valence-corrected chi connectivity index (χ1v) is 7.82. The fourth-order valence-corrected chi connectivity index (χ4v) is 3.43. The Balaban J connectivity index is 1.63. The van der Waals surface area contributed by atoms with Crippen LogP contribution in [0.5, 0.6) is 0 Å². The topological polar surface area (TPSA) is 71.4 Å². The molecule has 1 atom stereocenters. The molecule has 0 aromatic carbocycles. The average molecular weight is 303 g/mol. The summed E-state index contributed by atoms with van der Waals surface area (Å²) in [5.41, 5.74) is -0.277. The van der Waals surface area contributed by atoms with E-state index in [1.165, 1.54) is 10.6 Å². The zero-order valence-electron chi connectivity index (χ0n) is 12.6. The number of hydrogen-bond donors (Lipinski definition) is 1. The Morgan fingerprint density at radius 2 is 2.05 bits per heavy atom. The molecule has 0 aliphatic carbocycles. The van der Waals surface area contributed by atoms with E-state index in [-0.39, 0.29) is 29.5 Å². The molecule has 2 saturated heterocycles. The summed E-state index contributed by atoms with van der Waals surface area (Å²) >= 11 is 0. The molecule has 2 amide bonds. The summed E-state index contributed by atoms with van der Waals surface area (Å²) < 4.78 is 1.43. The van der Waals surface area contributed by atoms with Gasteiger partial charge >= 0.3 is 0 Å². The van der Waals surface area contributed by atoms with Crippen molar-refractivity contribution in [1.82, 2.24) is 14.8 Å². The largest absolute Gasteiger partial charge is 0.351 e. The predicted molar refractivity (Wildman–Crippen MR) is 81.2 cm³/mol. The Labute approximate surface area is 129 Å². The van der Waals surface area contributed by atoms with Crippen LogP contribution < -0.4 is 10.9 Å². The smallest absolute Gasteiger partial charge is 0.250 e. The molecular weight excluding hydrogens is 282 g/mol. The highest BCUT2D eigenvalue weighted by Gasteiger charge is 2.39. The Kier molecular flexibility index (Phi) is 4.00. The number of likely N-dealkylation sites (tertiary alicyclic amines) is 1. The van der Waals surface area contributed by atoms with E-state index in [1.54, 1.807) is 18.3 Å². The first kappa shape index (κ1) is 14.8. The van der Waals surface area contributed by atoms with Gasteiger partial charge in [-0.05, 0) is 31.7 Å². The van der Waals surface area contributed by atoms with Crippen LogP contribution in [-0.2, 0) is 16.1 Å². The van der Waals surface area contributed by atoms with Crippen molar-refractivity contribution in [2.45, 2.75) is 44.2 Å². The second kappa shape index (κ2) is 5.94. The van der Waals surface area contributed by atoms with Crippen molar-refractivity contribution >= 4 is 11.8 Å². The third-order valence-corrected chi connectivity index (χ3v) is 4.74. The Bertz CT molecular complexity index is 640. The number of carbonyl (C=O) groups is 2. The second-order valence-electron chi connectivity index (χ2n) is 6.23. The SMILES string of the molecule is O=C1CCC2(CCCN(C(=O)Cn3ccccc3=O)CC2)N1. The van der Waals surface area contributed by atoms with Crippen molar-refractivity contribution in [3.63, 3.8) is 0 Å². The van der Waals surface area contributed by atoms with Crippen LogP contribution in [0.25, 0.3) is 0 Å². The average Bonchev–Trinajstić information content (AvgIpc) is 2.73. The summed E-state index contributed by atoms with van der Waals surface area (Å²) in [6.07, 6.45) is 5.70. The van der Waals surface area contributed by atoms with E-state index < -0.39 is 0 Å². The second-order valence-corrected chi connectivity index (χ2v) is 6.23. The third-order valence-electron chi connectivity index (χ3n) is 4.74. The lowest BCUT2D eigenvalue weighted by atomic mass is 9.89. The van der Waals surface area contributed by atoms with Gasteiger partial charge in [0.1, 0.15) is 6.54 Å². The van der Waals surface area contributed by atoms with E-state index in [2.05, 4.69) is 5.32 Å². The molecule has 0 saturated carbocycles. The molecule has 2 aliphatic heterocycles. The Morgan fingerprint density at radius 1 is 1.18 bits per heavy atom. The predicted octanol–water partition coefficient (Wildman–Crippen LogP) is 0.510. The van der Waals surface area contributed by atoms with Crippen LogP contribution in [0.15, 0.2) is 29.2 Å². The van der Waals surface area contributed by atoms with E-state index in [0.717, 1.165) is 25.7 Å². The molecule has 1 unspecified atom stereocenters. The van der Waals surface area contributed by atoms with E-state index in [9.17, 15) is 14.4 Å². The summed E-state index contributed by atoms with van der Waals surface area (Å²) in [5, 5.41) is 3.10.